The van der Waals surface area contributed by atoms with E-state index in [1.54, 1.807) is 7.11 Å². The first kappa shape index (κ1) is 18.3. The van der Waals surface area contributed by atoms with Gasteiger partial charge in [0.15, 0.2) is 0 Å². The number of benzene rings is 1. The molecule has 120 valence electrons. The highest BCUT2D eigenvalue weighted by Gasteiger charge is 2.17. The van der Waals surface area contributed by atoms with Gasteiger partial charge in [0.1, 0.15) is 0 Å². The largest absolute Gasteiger partial charge is 0.399 e. The van der Waals surface area contributed by atoms with Crippen LogP contribution in [0.2, 0.25) is 0 Å². The molecule has 7 heteroatoms. The van der Waals surface area contributed by atoms with E-state index < -0.39 is 10.0 Å². The second kappa shape index (κ2) is 9.30. The Morgan fingerprint density at radius 3 is 2.81 bits per heavy atom. The predicted molar refractivity (Wildman–Crippen MR) is 89.1 cm³/mol. The molecule has 0 saturated heterocycles. The van der Waals surface area contributed by atoms with E-state index in [1.807, 2.05) is 31.2 Å². The average Bonchev–Trinajstić information content (AvgIpc) is 2.38. The lowest BCUT2D eigenvalue weighted by Crippen LogP contribution is -2.39. The van der Waals surface area contributed by atoms with Gasteiger partial charge in [-0.3, -0.25) is 0 Å². The molecule has 0 spiro atoms. The van der Waals surface area contributed by atoms with Crippen LogP contribution in [0.3, 0.4) is 0 Å². The molecular weight excluding hydrogens is 308 g/mol. The fourth-order valence-corrected chi connectivity index (χ4v) is 4.56. The Morgan fingerprint density at radius 2 is 2.19 bits per heavy atom. The van der Waals surface area contributed by atoms with Crippen LogP contribution in [0.15, 0.2) is 29.2 Å². The van der Waals surface area contributed by atoms with Gasteiger partial charge in [0.05, 0.1) is 12.4 Å². The summed E-state index contributed by atoms with van der Waals surface area (Å²) in [6, 6.07) is 7.28. The number of hydrogen-bond acceptors (Lipinski definition) is 5. The van der Waals surface area contributed by atoms with Gasteiger partial charge in [0.2, 0.25) is 10.0 Å². The minimum absolute atomic E-state index is 0.0798. The van der Waals surface area contributed by atoms with Crippen molar-refractivity contribution in [3.05, 3.63) is 24.3 Å². The van der Waals surface area contributed by atoms with E-state index >= 15 is 0 Å². The van der Waals surface area contributed by atoms with Crippen LogP contribution >= 0.6 is 11.8 Å². The molecule has 0 radical (unpaired) electrons. The molecule has 0 aliphatic carbocycles. The number of anilines is 1. The number of rotatable bonds is 10. The van der Waals surface area contributed by atoms with Gasteiger partial charge in [-0.25, -0.2) is 13.1 Å². The third-order valence-corrected chi connectivity index (χ3v) is 5.52. The zero-order valence-corrected chi connectivity index (χ0v) is 14.2. The Hall–Kier alpha value is -0.760. The monoisotopic (exact) mass is 332 g/mol. The molecule has 0 aliphatic rings. The summed E-state index contributed by atoms with van der Waals surface area (Å²) in [5.74, 6) is 0.570. The summed E-state index contributed by atoms with van der Waals surface area (Å²) in [4.78, 5) is 0.979. The van der Waals surface area contributed by atoms with Gasteiger partial charge in [-0.15, -0.1) is 11.8 Å². The smallest absolute Gasteiger partial charge is 0.212 e. The lowest BCUT2D eigenvalue weighted by atomic mass is 10.2. The van der Waals surface area contributed by atoms with E-state index in [2.05, 4.69) is 4.72 Å². The SMILES string of the molecule is CCCC(COC)NS(=O)(=O)CCSc1cccc(N)c1. The molecule has 5 nitrogen and oxygen atoms in total. The predicted octanol–water partition coefficient (Wildman–Crippen LogP) is 2.10. The Labute approximate surface area is 131 Å². The standard InChI is InChI=1S/C14H24N2O3S2/c1-3-5-13(11-19-2)16-21(17,18)9-8-20-14-7-4-6-12(15)10-14/h4,6-7,10,13,16H,3,5,8-9,11,15H2,1-2H3. The lowest BCUT2D eigenvalue weighted by Gasteiger charge is -2.17. The van der Waals surface area contributed by atoms with Crippen molar-refractivity contribution in [2.45, 2.75) is 30.7 Å². The highest BCUT2D eigenvalue weighted by molar-refractivity contribution is 8.00. The van der Waals surface area contributed by atoms with E-state index in [0.717, 1.165) is 17.7 Å². The highest BCUT2D eigenvalue weighted by Crippen LogP contribution is 2.20. The average molecular weight is 332 g/mol. The summed E-state index contributed by atoms with van der Waals surface area (Å²) in [6.45, 7) is 2.42. The maximum atomic E-state index is 12.0. The number of nitrogen functional groups attached to an aromatic ring is 1. The Bertz CT molecular complexity index is 515. The maximum absolute atomic E-state index is 12.0. The van der Waals surface area contributed by atoms with Crippen LogP contribution in [0.1, 0.15) is 19.8 Å². The molecule has 0 amide bonds. The summed E-state index contributed by atoms with van der Waals surface area (Å²) >= 11 is 1.48. The van der Waals surface area contributed by atoms with Gasteiger partial charge in [0, 0.05) is 29.5 Å². The summed E-state index contributed by atoms with van der Waals surface area (Å²) in [5, 5.41) is 0. The fourth-order valence-electron chi connectivity index (χ4n) is 1.91. The van der Waals surface area contributed by atoms with Gasteiger partial charge < -0.3 is 10.5 Å². The number of thioether (sulfide) groups is 1. The molecule has 0 heterocycles. The van der Waals surface area contributed by atoms with Gasteiger partial charge in [-0.05, 0) is 24.6 Å². The van der Waals surface area contributed by atoms with E-state index in [-0.39, 0.29) is 11.8 Å². The topological polar surface area (TPSA) is 81.4 Å². The highest BCUT2D eigenvalue weighted by atomic mass is 32.2. The third-order valence-electron chi connectivity index (χ3n) is 2.83. The summed E-state index contributed by atoms with van der Waals surface area (Å²) < 4.78 is 31.8. The summed E-state index contributed by atoms with van der Waals surface area (Å²) in [6.07, 6.45) is 1.68. The maximum Gasteiger partial charge on any atom is 0.212 e. The van der Waals surface area contributed by atoms with Crippen molar-refractivity contribution >= 4 is 27.5 Å². The summed E-state index contributed by atoms with van der Waals surface area (Å²) in [7, 11) is -1.71. The molecule has 0 fully saturated rings. The van der Waals surface area contributed by atoms with Crippen LogP contribution in [0.4, 0.5) is 5.69 Å². The molecule has 0 aliphatic heterocycles. The molecule has 0 bridgehead atoms. The van der Waals surface area contributed by atoms with Gasteiger partial charge in [-0.1, -0.05) is 19.4 Å². The second-order valence-corrected chi connectivity index (χ2v) is 7.84. The van der Waals surface area contributed by atoms with Crippen molar-refractivity contribution in [1.29, 1.82) is 0 Å². The zero-order valence-electron chi connectivity index (χ0n) is 12.5. The molecule has 1 atom stereocenters. The van der Waals surface area contributed by atoms with Crippen molar-refractivity contribution < 1.29 is 13.2 Å². The molecule has 1 rings (SSSR count). The molecular formula is C14H24N2O3S2. The minimum Gasteiger partial charge on any atom is -0.399 e. The van der Waals surface area contributed by atoms with E-state index in [1.165, 1.54) is 11.8 Å². The molecule has 21 heavy (non-hydrogen) atoms. The molecule has 1 aromatic rings. The summed E-state index contributed by atoms with van der Waals surface area (Å²) in [5.41, 5.74) is 6.38. The first-order valence-electron chi connectivity index (χ1n) is 6.94. The number of sulfonamides is 1. The quantitative estimate of drug-likeness (QED) is 0.506. The van der Waals surface area contributed by atoms with Gasteiger partial charge in [0.25, 0.3) is 0 Å². The van der Waals surface area contributed by atoms with Gasteiger partial charge in [-0.2, -0.15) is 0 Å². The first-order valence-corrected chi connectivity index (χ1v) is 9.58. The van der Waals surface area contributed by atoms with Crippen LogP contribution in [-0.2, 0) is 14.8 Å². The van der Waals surface area contributed by atoms with Crippen LogP contribution in [0.5, 0.6) is 0 Å². The van der Waals surface area contributed by atoms with Crippen molar-refractivity contribution in [3.63, 3.8) is 0 Å². The van der Waals surface area contributed by atoms with E-state index in [0.29, 0.717) is 18.0 Å². The molecule has 3 N–H and O–H groups in total. The molecule has 0 aromatic heterocycles. The Balaban J connectivity index is 2.44. The lowest BCUT2D eigenvalue weighted by molar-refractivity contribution is 0.171. The Morgan fingerprint density at radius 1 is 1.43 bits per heavy atom. The van der Waals surface area contributed by atoms with Gasteiger partial charge >= 0.3 is 0 Å². The van der Waals surface area contributed by atoms with Crippen molar-refractivity contribution in [2.75, 3.05) is 31.0 Å². The molecule has 1 aromatic carbocycles. The van der Waals surface area contributed by atoms with Crippen LogP contribution in [-0.4, -0.2) is 39.7 Å². The van der Waals surface area contributed by atoms with E-state index in [9.17, 15) is 8.42 Å². The number of nitrogens with one attached hydrogen (secondary N) is 1. The molecule has 1 unspecified atom stereocenters. The normalized spacial score (nSPS) is 13.2. The Kier molecular flexibility index (Phi) is 8.10. The van der Waals surface area contributed by atoms with Crippen molar-refractivity contribution in [1.82, 2.24) is 4.72 Å². The number of ether oxygens (including phenoxy) is 1. The van der Waals surface area contributed by atoms with Crippen LogP contribution in [0, 0.1) is 0 Å². The second-order valence-electron chi connectivity index (χ2n) is 4.80. The number of hydrogen-bond donors (Lipinski definition) is 2. The molecule has 0 saturated carbocycles. The van der Waals surface area contributed by atoms with E-state index in [4.69, 9.17) is 10.5 Å². The van der Waals surface area contributed by atoms with Crippen LogP contribution in [0.25, 0.3) is 0 Å². The van der Waals surface area contributed by atoms with Crippen molar-refractivity contribution in [2.24, 2.45) is 0 Å². The van der Waals surface area contributed by atoms with Crippen LogP contribution < -0.4 is 10.5 Å². The number of nitrogens with two attached hydrogens (primary N) is 1. The minimum atomic E-state index is -3.29. The first-order chi connectivity index (χ1) is 9.96. The zero-order chi connectivity index (χ0) is 15.7. The fraction of sp³-hybridized carbons (Fsp3) is 0.571. The van der Waals surface area contributed by atoms with Crippen molar-refractivity contribution in [3.8, 4) is 0 Å². The number of methoxy groups -OCH3 is 1. The third kappa shape index (κ3) is 7.71.